The maximum atomic E-state index is 12.6. The maximum Gasteiger partial charge on any atom is 0.224 e. The number of fused-ring (bicyclic) bond motifs is 1. The lowest BCUT2D eigenvalue weighted by molar-refractivity contribution is -0.129. The third-order valence-corrected chi connectivity index (χ3v) is 5.74. The molecule has 2 aromatic rings. The Morgan fingerprint density at radius 3 is 2.73 bits per heavy atom. The number of nitrogens with zero attached hydrogens (tertiary/aromatic N) is 5. The fourth-order valence-corrected chi connectivity index (χ4v) is 4.16. The summed E-state index contributed by atoms with van der Waals surface area (Å²) in [7, 11) is 1.98. The standard InChI is InChI=1S/C19H28N6O/c1-19(2,3)16-9-13(21-22-16)11-24-7-5-14-15(24)10-18(26)25(14)12-17-20-6-8-23(17)4/h6,8-9,14-15H,5,7,10-12H2,1-4H3,(H,21,22)/t14-,15-/m0/s1. The minimum Gasteiger partial charge on any atom is -0.337 e. The van der Waals surface area contributed by atoms with Crippen molar-refractivity contribution in [1.29, 1.82) is 0 Å². The number of nitrogens with one attached hydrogen (secondary N) is 1. The number of carbonyl (C=O) groups excluding carboxylic acids is 1. The van der Waals surface area contributed by atoms with Gasteiger partial charge in [-0.1, -0.05) is 20.8 Å². The molecule has 2 atom stereocenters. The Hall–Kier alpha value is -2.15. The highest BCUT2D eigenvalue weighted by Crippen LogP contribution is 2.34. The van der Waals surface area contributed by atoms with Crippen molar-refractivity contribution in [3.63, 3.8) is 0 Å². The summed E-state index contributed by atoms with van der Waals surface area (Å²) in [6.07, 6.45) is 5.36. The van der Waals surface area contributed by atoms with Gasteiger partial charge in [-0.05, 0) is 12.5 Å². The summed E-state index contributed by atoms with van der Waals surface area (Å²) in [5.41, 5.74) is 2.26. The number of carbonyl (C=O) groups is 1. The van der Waals surface area contributed by atoms with Crippen molar-refractivity contribution >= 4 is 5.91 Å². The molecule has 2 aliphatic rings. The van der Waals surface area contributed by atoms with E-state index >= 15 is 0 Å². The first-order chi connectivity index (χ1) is 12.3. The molecule has 0 aliphatic carbocycles. The Balaban J connectivity index is 1.45. The van der Waals surface area contributed by atoms with E-state index in [1.54, 1.807) is 6.20 Å². The Labute approximate surface area is 154 Å². The van der Waals surface area contributed by atoms with Crippen LogP contribution in [0.2, 0.25) is 0 Å². The Morgan fingerprint density at radius 1 is 1.27 bits per heavy atom. The molecule has 0 spiro atoms. The van der Waals surface area contributed by atoms with Gasteiger partial charge in [0.15, 0.2) is 0 Å². The highest BCUT2D eigenvalue weighted by Gasteiger charge is 2.46. The molecule has 0 saturated carbocycles. The Kier molecular flexibility index (Phi) is 4.14. The average Bonchev–Trinajstić information content (AvgIpc) is 3.30. The van der Waals surface area contributed by atoms with E-state index < -0.39 is 0 Å². The molecule has 0 unspecified atom stereocenters. The summed E-state index contributed by atoms with van der Waals surface area (Å²) in [6.45, 7) is 8.96. The number of aromatic amines is 1. The second-order valence-electron chi connectivity index (χ2n) is 8.60. The van der Waals surface area contributed by atoms with Crippen LogP contribution in [0.15, 0.2) is 18.5 Å². The van der Waals surface area contributed by atoms with Crippen molar-refractivity contribution in [3.05, 3.63) is 35.7 Å². The molecule has 0 bridgehead atoms. The number of aryl methyl sites for hydroxylation is 1. The van der Waals surface area contributed by atoms with Crippen LogP contribution in [0.5, 0.6) is 0 Å². The Bertz CT molecular complexity index is 801. The van der Waals surface area contributed by atoms with Gasteiger partial charge in [0.25, 0.3) is 0 Å². The van der Waals surface area contributed by atoms with Crippen LogP contribution >= 0.6 is 0 Å². The largest absolute Gasteiger partial charge is 0.337 e. The van der Waals surface area contributed by atoms with Crippen LogP contribution in [0.4, 0.5) is 0 Å². The van der Waals surface area contributed by atoms with Gasteiger partial charge in [-0.15, -0.1) is 0 Å². The van der Waals surface area contributed by atoms with Gasteiger partial charge in [0.2, 0.25) is 5.91 Å². The number of hydrogen-bond donors (Lipinski definition) is 1. The van der Waals surface area contributed by atoms with E-state index in [0.717, 1.165) is 36.7 Å². The van der Waals surface area contributed by atoms with Crippen molar-refractivity contribution in [2.45, 2.75) is 64.2 Å². The van der Waals surface area contributed by atoms with E-state index in [9.17, 15) is 4.79 Å². The highest BCUT2D eigenvalue weighted by atomic mass is 16.2. The van der Waals surface area contributed by atoms with Gasteiger partial charge in [0.1, 0.15) is 5.82 Å². The van der Waals surface area contributed by atoms with Gasteiger partial charge < -0.3 is 9.47 Å². The third-order valence-electron chi connectivity index (χ3n) is 5.74. The molecular weight excluding hydrogens is 328 g/mol. The fourth-order valence-electron chi connectivity index (χ4n) is 4.16. The van der Waals surface area contributed by atoms with E-state index in [4.69, 9.17) is 0 Å². The van der Waals surface area contributed by atoms with E-state index in [1.807, 2.05) is 22.7 Å². The van der Waals surface area contributed by atoms with Crippen LogP contribution < -0.4 is 0 Å². The molecule has 2 aromatic heterocycles. The molecule has 2 fully saturated rings. The second kappa shape index (κ2) is 6.23. The molecule has 140 valence electrons. The molecular formula is C19H28N6O. The molecule has 0 radical (unpaired) electrons. The minimum absolute atomic E-state index is 0.0461. The number of rotatable bonds is 4. The predicted molar refractivity (Wildman–Crippen MR) is 98.3 cm³/mol. The maximum absolute atomic E-state index is 12.6. The predicted octanol–water partition coefficient (Wildman–Crippen LogP) is 1.82. The molecule has 4 heterocycles. The van der Waals surface area contributed by atoms with Crippen molar-refractivity contribution < 1.29 is 4.79 Å². The van der Waals surface area contributed by atoms with Gasteiger partial charge in [0, 0.05) is 62.1 Å². The smallest absolute Gasteiger partial charge is 0.224 e. The molecule has 7 nitrogen and oxygen atoms in total. The summed E-state index contributed by atoms with van der Waals surface area (Å²) in [6, 6.07) is 2.75. The van der Waals surface area contributed by atoms with E-state index in [0.29, 0.717) is 25.0 Å². The number of aromatic nitrogens is 4. The van der Waals surface area contributed by atoms with Gasteiger partial charge in [-0.3, -0.25) is 14.8 Å². The van der Waals surface area contributed by atoms with Crippen molar-refractivity contribution in [2.24, 2.45) is 7.05 Å². The molecule has 1 N–H and O–H groups in total. The van der Waals surface area contributed by atoms with Gasteiger partial charge >= 0.3 is 0 Å². The van der Waals surface area contributed by atoms with E-state index in [-0.39, 0.29) is 11.3 Å². The molecule has 2 aliphatic heterocycles. The third kappa shape index (κ3) is 3.05. The molecule has 0 aromatic carbocycles. The highest BCUT2D eigenvalue weighted by molar-refractivity contribution is 5.80. The molecule has 2 saturated heterocycles. The fraction of sp³-hybridized carbons (Fsp3) is 0.632. The first-order valence-electron chi connectivity index (χ1n) is 9.37. The zero-order valence-corrected chi connectivity index (χ0v) is 16.1. The van der Waals surface area contributed by atoms with Crippen molar-refractivity contribution in [2.75, 3.05) is 6.54 Å². The summed E-state index contributed by atoms with van der Waals surface area (Å²) in [5, 5.41) is 7.65. The SMILES string of the molecule is Cn1ccnc1CN1C(=O)C[C@H]2[C@@H]1CCN2Cc1cc(C(C)(C)C)n[nH]1. The normalized spacial score (nSPS) is 23.8. The minimum atomic E-state index is 0.0461. The van der Waals surface area contributed by atoms with Crippen LogP contribution in [0.25, 0.3) is 0 Å². The molecule has 4 rings (SSSR count). The Morgan fingerprint density at radius 2 is 2.08 bits per heavy atom. The zero-order valence-electron chi connectivity index (χ0n) is 16.1. The van der Waals surface area contributed by atoms with Crippen molar-refractivity contribution in [3.8, 4) is 0 Å². The summed E-state index contributed by atoms with van der Waals surface area (Å²) >= 11 is 0. The lowest BCUT2D eigenvalue weighted by Gasteiger charge is -2.25. The monoisotopic (exact) mass is 356 g/mol. The number of imidazole rings is 1. The molecule has 7 heteroatoms. The number of H-pyrrole nitrogens is 1. The van der Waals surface area contributed by atoms with Crippen LogP contribution in [0.1, 0.15) is 50.8 Å². The van der Waals surface area contributed by atoms with Crippen LogP contribution in [-0.2, 0) is 30.3 Å². The van der Waals surface area contributed by atoms with Crippen LogP contribution in [-0.4, -0.2) is 54.1 Å². The number of amides is 1. The van der Waals surface area contributed by atoms with Gasteiger partial charge in [0.05, 0.1) is 12.2 Å². The lowest BCUT2D eigenvalue weighted by atomic mass is 9.92. The topological polar surface area (TPSA) is 70.1 Å². The van der Waals surface area contributed by atoms with Crippen molar-refractivity contribution in [1.82, 2.24) is 29.5 Å². The first-order valence-corrected chi connectivity index (χ1v) is 9.37. The number of likely N-dealkylation sites (tertiary alicyclic amines) is 2. The quantitative estimate of drug-likeness (QED) is 0.907. The van der Waals surface area contributed by atoms with Crippen LogP contribution in [0, 0.1) is 0 Å². The van der Waals surface area contributed by atoms with Crippen LogP contribution in [0.3, 0.4) is 0 Å². The number of hydrogen-bond acceptors (Lipinski definition) is 4. The van der Waals surface area contributed by atoms with E-state index in [2.05, 4.69) is 46.9 Å². The summed E-state index contributed by atoms with van der Waals surface area (Å²) in [5.74, 6) is 1.19. The van der Waals surface area contributed by atoms with Gasteiger partial charge in [-0.25, -0.2) is 4.98 Å². The van der Waals surface area contributed by atoms with E-state index in [1.165, 1.54) is 0 Å². The summed E-state index contributed by atoms with van der Waals surface area (Å²) in [4.78, 5) is 21.4. The molecule has 26 heavy (non-hydrogen) atoms. The average molecular weight is 356 g/mol. The first kappa shape index (κ1) is 17.3. The lowest BCUT2D eigenvalue weighted by Crippen LogP contribution is -2.37. The summed E-state index contributed by atoms with van der Waals surface area (Å²) < 4.78 is 1.99. The zero-order chi connectivity index (χ0) is 18.5. The molecule has 1 amide bonds. The van der Waals surface area contributed by atoms with Gasteiger partial charge in [-0.2, -0.15) is 5.10 Å². The second-order valence-corrected chi connectivity index (χ2v) is 8.60.